The van der Waals surface area contributed by atoms with Gasteiger partial charge in [-0.15, -0.1) is 0 Å². The third-order valence-electron chi connectivity index (χ3n) is 7.37. The summed E-state index contributed by atoms with van der Waals surface area (Å²) in [6.07, 6.45) is 3.02. The number of nitrogens with one attached hydrogen (secondary N) is 3. The van der Waals surface area contributed by atoms with Crippen LogP contribution in [0.4, 0.5) is 27.7 Å². The van der Waals surface area contributed by atoms with Gasteiger partial charge in [-0.1, -0.05) is 11.6 Å². The first-order chi connectivity index (χ1) is 17.6. The second kappa shape index (κ2) is 9.82. The van der Waals surface area contributed by atoms with Crippen LogP contribution in [0.25, 0.3) is 0 Å². The van der Waals surface area contributed by atoms with E-state index < -0.39 is 15.7 Å². The predicted molar refractivity (Wildman–Crippen MR) is 139 cm³/mol. The third-order valence-corrected chi connectivity index (χ3v) is 9.43. The number of halogens is 2. The fourth-order valence-electron chi connectivity index (χ4n) is 5.29. The molecule has 2 fully saturated rings. The van der Waals surface area contributed by atoms with Gasteiger partial charge in [0.25, 0.3) is 0 Å². The minimum atomic E-state index is -2.94. The molecule has 0 amide bonds. The minimum absolute atomic E-state index is 0.0174. The minimum Gasteiger partial charge on any atom is -0.322 e. The van der Waals surface area contributed by atoms with Gasteiger partial charge in [-0.2, -0.15) is 14.7 Å². The van der Waals surface area contributed by atoms with Gasteiger partial charge >= 0.3 is 0 Å². The zero-order chi connectivity index (χ0) is 26.4. The predicted octanol–water partition coefficient (Wildman–Crippen LogP) is 4.15. The maximum absolute atomic E-state index is 15.2. The number of hydroxylamine groups is 3. The Morgan fingerprint density at radius 1 is 1.16 bits per heavy atom. The van der Waals surface area contributed by atoms with Gasteiger partial charge in [-0.25, -0.2) is 22.6 Å². The summed E-state index contributed by atoms with van der Waals surface area (Å²) in [5, 5.41) is 13.2. The van der Waals surface area contributed by atoms with E-state index in [4.69, 9.17) is 16.4 Å². The number of aromatic amines is 1. The summed E-state index contributed by atoms with van der Waals surface area (Å²) in [5.41, 5.74) is 3.05. The molecule has 0 saturated carbocycles. The van der Waals surface area contributed by atoms with E-state index in [1.54, 1.807) is 19.2 Å². The van der Waals surface area contributed by atoms with E-state index in [0.29, 0.717) is 34.4 Å². The number of H-pyrrole nitrogens is 1. The lowest BCUT2D eigenvalue weighted by atomic mass is 9.86. The number of hydrogen-bond acceptors (Lipinski definition) is 8. The number of quaternary nitrogens is 1. The number of likely N-dealkylation sites (tertiary alicyclic amines) is 1. The van der Waals surface area contributed by atoms with Gasteiger partial charge in [0.15, 0.2) is 21.5 Å². The number of rotatable bonds is 7. The molecule has 0 spiro atoms. The Kier molecular flexibility index (Phi) is 6.86. The van der Waals surface area contributed by atoms with Crippen molar-refractivity contribution >= 4 is 44.7 Å². The third kappa shape index (κ3) is 5.28. The van der Waals surface area contributed by atoms with Gasteiger partial charge in [0, 0.05) is 24.6 Å². The number of benzene rings is 1. The highest BCUT2D eigenvalue weighted by atomic mass is 35.5. The number of sulfone groups is 1. The van der Waals surface area contributed by atoms with E-state index in [2.05, 4.69) is 30.8 Å². The van der Waals surface area contributed by atoms with Crippen molar-refractivity contribution in [2.75, 3.05) is 42.3 Å². The molecule has 1 aromatic carbocycles. The molecule has 5 rings (SSSR count). The molecular formula is C24H30ClFN7O3S+. The molecule has 0 atom stereocenters. The van der Waals surface area contributed by atoms with Crippen LogP contribution < -0.4 is 10.6 Å². The summed E-state index contributed by atoms with van der Waals surface area (Å²) >= 11 is 6.23. The SMILES string of the molecule is CO[N+]1(C2CS(=O)(=O)C2)CCC(c2cc(F)c(Nc3ncc(Cl)c(Nc4cc(C)[nH]n4)n3)cc2C)CC1. The topological polar surface area (TPSA) is 122 Å². The second-order valence-corrected chi connectivity index (χ2v) is 12.4. The Bertz CT molecular complexity index is 1410. The van der Waals surface area contributed by atoms with E-state index in [0.717, 1.165) is 29.7 Å². The maximum Gasteiger partial charge on any atom is 0.229 e. The van der Waals surface area contributed by atoms with E-state index in [1.807, 2.05) is 19.9 Å². The molecule has 0 radical (unpaired) electrons. The monoisotopic (exact) mass is 550 g/mol. The largest absolute Gasteiger partial charge is 0.322 e. The van der Waals surface area contributed by atoms with Gasteiger partial charge < -0.3 is 10.6 Å². The number of nitrogens with zero attached hydrogens (tertiary/aromatic N) is 4. The number of anilines is 4. The van der Waals surface area contributed by atoms with E-state index in [-0.39, 0.29) is 35.1 Å². The molecule has 13 heteroatoms. The molecule has 0 aliphatic carbocycles. The Morgan fingerprint density at radius 3 is 2.51 bits per heavy atom. The quantitative estimate of drug-likeness (QED) is 0.375. The molecule has 3 aromatic rings. The molecule has 2 aromatic heterocycles. The molecule has 2 aliphatic rings. The van der Waals surface area contributed by atoms with Crippen LogP contribution in [0.3, 0.4) is 0 Å². The average molecular weight is 551 g/mol. The molecule has 2 aliphatic heterocycles. The van der Waals surface area contributed by atoms with Crippen molar-refractivity contribution < 1.29 is 22.3 Å². The number of hydrogen-bond donors (Lipinski definition) is 3. The van der Waals surface area contributed by atoms with Gasteiger partial charge in [-0.3, -0.25) is 5.10 Å². The van der Waals surface area contributed by atoms with Crippen molar-refractivity contribution in [3.05, 3.63) is 52.1 Å². The normalized spacial score (nSPS) is 23.4. The molecule has 0 bridgehead atoms. The molecule has 10 nitrogen and oxygen atoms in total. The Labute approximate surface area is 220 Å². The zero-order valence-electron chi connectivity index (χ0n) is 20.9. The molecule has 0 unspecified atom stereocenters. The van der Waals surface area contributed by atoms with E-state index in [9.17, 15) is 8.42 Å². The van der Waals surface area contributed by atoms with E-state index >= 15 is 4.39 Å². The summed E-state index contributed by atoms with van der Waals surface area (Å²) in [6, 6.07) is 5.13. The van der Waals surface area contributed by atoms with Crippen molar-refractivity contribution in [1.29, 1.82) is 0 Å². The molecule has 198 valence electrons. The summed E-state index contributed by atoms with van der Waals surface area (Å²) in [6.45, 7) is 5.24. The summed E-state index contributed by atoms with van der Waals surface area (Å²) in [4.78, 5) is 14.4. The van der Waals surface area contributed by atoms with Crippen LogP contribution in [-0.2, 0) is 14.7 Å². The Hall–Kier alpha value is -2.80. The van der Waals surface area contributed by atoms with Gasteiger partial charge in [0.1, 0.15) is 41.5 Å². The lowest BCUT2D eigenvalue weighted by Gasteiger charge is -2.47. The van der Waals surface area contributed by atoms with Crippen LogP contribution >= 0.6 is 11.6 Å². The van der Waals surface area contributed by atoms with Crippen molar-refractivity contribution in [3.63, 3.8) is 0 Å². The van der Waals surface area contributed by atoms with Crippen LogP contribution in [0.1, 0.15) is 35.6 Å². The number of piperidine rings is 1. The molecule has 2 saturated heterocycles. The van der Waals surface area contributed by atoms with Crippen LogP contribution in [0.15, 0.2) is 24.4 Å². The van der Waals surface area contributed by atoms with Crippen molar-refractivity contribution in [3.8, 4) is 0 Å². The summed E-state index contributed by atoms with van der Waals surface area (Å²) in [5.74, 6) is 1.20. The Morgan fingerprint density at radius 2 is 1.89 bits per heavy atom. The van der Waals surface area contributed by atoms with Crippen LogP contribution in [0, 0.1) is 19.7 Å². The van der Waals surface area contributed by atoms with Crippen molar-refractivity contribution in [2.24, 2.45) is 0 Å². The summed E-state index contributed by atoms with van der Waals surface area (Å²) in [7, 11) is -1.29. The van der Waals surface area contributed by atoms with Gasteiger partial charge in [0.05, 0.1) is 19.0 Å². The fourth-order valence-corrected chi connectivity index (χ4v) is 7.05. The lowest BCUT2D eigenvalue weighted by Crippen LogP contribution is -2.66. The van der Waals surface area contributed by atoms with Crippen molar-refractivity contribution in [2.45, 2.75) is 38.6 Å². The van der Waals surface area contributed by atoms with E-state index in [1.165, 1.54) is 6.20 Å². The molecular weight excluding hydrogens is 521 g/mol. The fraction of sp³-hybridized carbons (Fsp3) is 0.458. The molecule has 3 N–H and O–H groups in total. The molecule has 37 heavy (non-hydrogen) atoms. The zero-order valence-corrected chi connectivity index (χ0v) is 22.5. The van der Waals surface area contributed by atoms with Crippen LogP contribution in [0.2, 0.25) is 5.02 Å². The maximum atomic E-state index is 15.2. The number of aryl methyl sites for hydroxylation is 2. The second-order valence-electron chi connectivity index (χ2n) is 9.85. The highest BCUT2D eigenvalue weighted by Gasteiger charge is 2.52. The first kappa shape index (κ1) is 25.8. The average Bonchev–Trinajstić information content (AvgIpc) is 3.26. The highest BCUT2D eigenvalue weighted by Crippen LogP contribution is 2.38. The van der Waals surface area contributed by atoms with Gasteiger partial charge in [-0.05, 0) is 43.0 Å². The molecule has 4 heterocycles. The Balaban J connectivity index is 1.29. The van der Waals surface area contributed by atoms with Crippen LogP contribution in [-0.4, -0.2) is 71.0 Å². The first-order valence-electron chi connectivity index (χ1n) is 12.1. The van der Waals surface area contributed by atoms with Gasteiger partial charge in [0.2, 0.25) is 5.95 Å². The summed E-state index contributed by atoms with van der Waals surface area (Å²) < 4.78 is 39.0. The van der Waals surface area contributed by atoms with Crippen LogP contribution in [0.5, 0.6) is 0 Å². The number of aromatic nitrogens is 4. The van der Waals surface area contributed by atoms with Crippen molar-refractivity contribution in [1.82, 2.24) is 20.2 Å². The standard InChI is InChI=1S/C24H30ClFN7O3S/c1-14-8-21(28-24-27-11-19(25)23(30-24)29-22-9-15(2)31-32-22)20(26)10-18(14)16-4-6-33(36-3,7-5-16)17-12-37(34,35)13-17/h8-11,16-17H,4-7,12-13H2,1-3H3,(H3,27,28,29,30,31,32)/q+1. The highest BCUT2D eigenvalue weighted by molar-refractivity contribution is 7.92. The smallest absolute Gasteiger partial charge is 0.229 e. The lowest BCUT2D eigenvalue weighted by molar-refractivity contribution is -1.12. The first-order valence-corrected chi connectivity index (χ1v) is 14.3.